The molecule has 2 N–H and O–H groups in total. The van der Waals surface area contributed by atoms with Crippen molar-refractivity contribution in [2.45, 2.75) is 17.6 Å². The molecule has 0 radical (unpaired) electrons. The van der Waals surface area contributed by atoms with E-state index in [9.17, 15) is 18.0 Å². The van der Waals surface area contributed by atoms with E-state index >= 15 is 0 Å². The van der Waals surface area contributed by atoms with Gasteiger partial charge < -0.3 is 5.32 Å². The Kier molecular flexibility index (Phi) is 6.35. The van der Waals surface area contributed by atoms with E-state index in [0.29, 0.717) is 16.4 Å². The Bertz CT molecular complexity index is 1380. The molecule has 0 unspecified atom stereocenters. The average molecular weight is 486 g/mol. The third-order valence-electron chi connectivity index (χ3n) is 4.59. The van der Waals surface area contributed by atoms with Crippen LogP contribution in [-0.4, -0.2) is 31.0 Å². The number of amides is 2. The number of aromatic nitrogens is 1. The van der Waals surface area contributed by atoms with Gasteiger partial charge in [0.05, 0.1) is 16.0 Å². The molecule has 0 aliphatic rings. The Hall–Kier alpha value is -3.08. The number of fused-ring (bicyclic) bond motifs is 1. The Labute approximate surface area is 193 Å². The first-order valence-corrected chi connectivity index (χ1v) is 13.0. The maximum absolute atomic E-state index is 12.5. The third kappa shape index (κ3) is 5.21. The first-order chi connectivity index (χ1) is 15.3. The number of hydrogen-bond acceptors (Lipinski definition) is 7. The molecule has 0 aliphatic heterocycles. The Morgan fingerprint density at radius 1 is 1.03 bits per heavy atom. The summed E-state index contributed by atoms with van der Waals surface area (Å²) in [5.41, 5.74) is 2.85. The molecule has 7 nitrogen and oxygen atoms in total. The molecule has 2 amide bonds. The number of carbonyl (C=O) groups excluding carboxylic acids is 2. The van der Waals surface area contributed by atoms with Crippen LogP contribution in [0.1, 0.15) is 22.3 Å². The molecule has 0 fully saturated rings. The maximum atomic E-state index is 12.5. The number of thiazole rings is 1. The first-order valence-electron chi connectivity index (χ1n) is 9.65. The zero-order valence-electron chi connectivity index (χ0n) is 17.0. The van der Waals surface area contributed by atoms with Gasteiger partial charge in [-0.25, -0.2) is 13.4 Å². The molecule has 10 heteroatoms. The van der Waals surface area contributed by atoms with Gasteiger partial charge in [0.2, 0.25) is 5.91 Å². The molecular formula is C22H19N3O4S3. The van der Waals surface area contributed by atoms with Gasteiger partial charge in [-0.1, -0.05) is 23.5 Å². The van der Waals surface area contributed by atoms with Crippen molar-refractivity contribution >= 4 is 65.4 Å². The van der Waals surface area contributed by atoms with E-state index < -0.39 is 15.7 Å². The smallest absolute Gasteiger partial charge is 0.257 e. The second-order valence-electron chi connectivity index (χ2n) is 7.07. The highest BCUT2D eigenvalue weighted by Crippen LogP contribution is 2.27. The molecule has 2 heterocycles. The fraction of sp³-hybridized carbons (Fsp3) is 0.136. The van der Waals surface area contributed by atoms with Crippen LogP contribution in [0, 0.1) is 6.92 Å². The molecule has 164 valence electrons. The number of rotatable bonds is 7. The van der Waals surface area contributed by atoms with Crippen LogP contribution in [0.5, 0.6) is 0 Å². The number of sulfone groups is 1. The zero-order chi connectivity index (χ0) is 22.7. The van der Waals surface area contributed by atoms with E-state index in [2.05, 4.69) is 15.6 Å². The Balaban J connectivity index is 1.33. The van der Waals surface area contributed by atoms with Gasteiger partial charge in [0.1, 0.15) is 4.21 Å². The fourth-order valence-corrected chi connectivity index (χ4v) is 6.30. The van der Waals surface area contributed by atoms with Gasteiger partial charge in [0, 0.05) is 17.7 Å². The number of benzene rings is 2. The number of hydrogen-bond donors (Lipinski definition) is 2. The number of nitrogens with one attached hydrogen (secondary N) is 2. The summed E-state index contributed by atoms with van der Waals surface area (Å²) in [4.78, 5) is 29.1. The third-order valence-corrected chi connectivity index (χ3v) is 8.73. The van der Waals surface area contributed by atoms with Crippen molar-refractivity contribution in [2.75, 3.05) is 16.4 Å². The SMILES string of the molecule is Cc1ccc2nc(NC(=O)c3ccc(NC(=O)CCS(=O)(=O)c4cccs4)cc3)sc2c1. The lowest BCUT2D eigenvalue weighted by Crippen LogP contribution is -2.17. The van der Waals surface area contributed by atoms with Gasteiger partial charge in [0.15, 0.2) is 15.0 Å². The standard InChI is InChI=1S/C22H19N3O4S3/c1-14-4-9-17-18(13-14)31-22(24-17)25-21(27)15-5-7-16(8-6-15)23-19(26)10-12-32(28,29)20-3-2-11-30-20/h2-9,11,13H,10,12H2,1H3,(H,23,26)(H,24,25,27). The molecule has 32 heavy (non-hydrogen) atoms. The number of nitrogens with zero attached hydrogens (tertiary/aromatic N) is 1. The molecule has 4 aromatic rings. The summed E-state index contributed by atoms with van der Waals surface area (Å²) in [6.45, 7) is 2.00. The fourth-order valence-electron chi connectivity index (χ4n) is 2.95. The van der Waals surface area contributed by atoms with Crippen molar-refractivity contribution in [3.8, 4) is 0 Å². The number of aryl methyl sites for hydroxylation is 1. The molecule has 4 rings (SSSR count). The summed E-state index contributed by atoms with van der Waals surface area (Å²) in [6, 6.07) is 15.5. The predicted molar refractivity (Wildman–Crippen MR) is 128 cm³/mol. The van der Waals surface area contributed by atoms with E-state index in [1.807, 2.05) is 25.1 Å². The van der Waals surface area contributed by atoms with Crippen LogP contribution in [0.4, 0.5) is 10.8 Å². The van der Waals surface area contributed by atoms with Crippen molar-refractivity contribution in [3.63, 3.8) is 0 Å². The van der Waals surface area contributed by atoms with Gasteiger partial charge >= 0.3 is 0 Å². The molecule has 0 spiro atoms. The van der Waals surface area contributed by atoms with Gasteiger partial charge in [-0.2, -0.15) is 0 Å². The molecule has 0 bridgehead atoms. The summed E-state index contributed by atoms with van der Waals surface area (Å²) in [5, 5.41) is 7.65. The molecule has 0 saturated carbocycles. The monoisotopic (exact) mass is 485 g/mol. The van der Waals surface area contributed by atoms with Crippen molar-refractivity contribution in [1.29, 1.82) is 0 Å². The quantitative estimate of drug-likeness (QED) is 0.394. The van der Waals surface area contributed by atoms with Crippen molar-refractivity contribution in [2.24, 2.45) is 0 Å². The van der Waals surface area contributed by atoms with Crippen LogP contribution in [0.3, 0.4) is 0 Å². The van der Waals surface area contributed by atoms with Crippen LogP contribution < -0.4 is 10.6 Å². The second kappa shape index (κ2) is 9.19. The van der Waals surface area contributed by atoms with E-state index in [4.69, 9.17) is 0 Å². The normalized spacial score (nSPS) is 11.4. The molecule has 0 atom stereocenters. The van der Waals surface area contributed by atoms with Crippen molar-refractivity contribution in [3.05, 3.63) is 71.1 Å². The van der Waals surface area contributed by atoms with Gasteiger partial charge in [-0.3, -0.25) is 14.9 Å². The summed E-state index contributed by atoms with van der Waals surface area (Å²) < 4.78 is 25.6. The number of carbonyl (C=O) groups is 2. The van der Waals surface area contributed by atoms with Crippen molar-refractivity contribution < 1.29 is 18.0 Å². The first kappa shape index (κ1) is 22.1. The van der Waals surface area contributed by atoms with Crippen LogP contribution in [0.15, 0.2) is 64.2 Å². The largest absolute Gasteiger partial charge is 0.326 e. The molecule has 0 saturated heterocycles. The second-order valence-corrected chi connectivity index (χ2v) is 11.4. The molecular weight excluding hydrogens is 466 g/mol. The lowest BCUT2D eigenvalue weighted by Gasteiger charge is -2.07. The van der Waals surface area contributed by atoms with Gasteiger partial charge in [-0.15, -0.1) is 11.3 Å². The predicted octanol–water partition coefficient (Wildman–Crippen LogP) is 4.72. The van der Waals surface area contributed by atoms with E-state index in [-0.39, 0.29) is 22.3 Å². The minimum Gasteiger partial charge on any atom is -0.326 e. The maximum Gasteiger partial charge on any atom is 0.257 e. The van der Waals surface area contributed by atoms with E-state index in [0.717, 1.165) is 27.1 Å². The van der Waals surface area contributed by atoms with E-state index in [1.165, 1.54) is 17.4 Å². The molecule has 0 aliphatic carbocycles. The molecule has 2 aromatic carbocycles. The van der Waals surface area contributed by atoms with Crippen LogP contribution >= 0.6 is 22.7 Å². The Morgan fingerprint density at radius 3 is 2.53 bits per heavy atom. The van der Waals surface area contributed by atoms with Crippen LogP contribution in [-0.2, 0) is 14.6 Å². The summed E-state index contributed by atoms with van der Waals surface area (Å²) in [6.07, 6.45) is -0.153. The minimum atomic E-state index is -3.46. The highest BCUT2D eigenvalue weighted by molar-refractivity contribution is 7.93. The number of anilines is 2. The van der Waals surface area contributed by atoms with Gasteiger partial charge in [-0.05, 0) is 60.3 Å². The summed E-state index contributed by atoms with van der Waals surface area (Å²) >= 11 is 2.53. The summed E-state index contributed by atoms with van der Waals surface area (Å²) in [5.74, 6) is -0.977. The summed E-state index contributed by atoms with van der Waals surface area (Å²) in [7, 11) is -3.46. The molecule has 2 aromatic heterocycles. The Morgan fingerprint density at radius 2 is 1.81 bits per heavy atom. The van der Waals surface area contributed by atoms with Crippen LogP contribution in [0.2, 0.25) is 0 Å². The lowest BCUT2D eigenvalue weighted by molar-refractivity contribution is -0.115. The lowest BCUT2D eigenvalue weighted by atomic mass is 10.2. The minimum absolute atomic E-state index is 0.153. The highest BCUT2D eigenvalue weighted by Gasteiger charge is 2.17. The van der Waals surface area contributed by atoms with Crippen molar-refractivity contribution in [1.82, 2.24) is 4.98 Å². The number of thiophene rings is 1. The van der Waals surface area contributed by atoms with E-state index in [1.54, 1.807) is 35.7 Å². The van der Waals surface area contributed by atoms with Crippen LogP contribution in [0.25, 0.3) is 10.2 Å². The van der Waals surface area contributed by atoms with Gasteiger partial charge in [0.25, 0.3) is 5.91 Å². The highest BCUT2D eigenvalue weighted by atomic mass is 32.2. The average Bonchev–Trinajstić information content (AvgIpc) is 3.43. The topological polar surface area (TPSA) is 105 Å². The zero-order valence-corrected chi connectivity index (χ0v) is 19.4.